The molecule has 12 heteroatoms. The standard InChI is InChI=1S/C18H20F3N5O3S/c1-29-16(28)10-14-22-17(30-24-14)23-15(27)11-25-5-7-26(8-6-25)13-4-2-3-12(9-13)18(19,20)21/h2-4,9H,5-8,10-11H2,1H3,(H,22,23,24,27). The van der Waals surface area contributed by atoms with Crippen LogP contribution in [0.4, 0.5) is 24.0 Å². The van der Waals surface area contributed by atoms with Crippen molar-refractivity contribution in [2.24, 2.45) is 0 Å². The van der Waals surface area contributed by atoms with E-state index in [1.54, 1.807) is 6.07 Å². The number of carbonyl (C=O) groups excluding carboxylic acids is 2. The maximum atomic E-state index is 12.9. The second kappa shape index (κ2) is 9.39. The van der Waals surface area contributed by atoms with Crippen LogP contribution in [0.5, 0.6) is 0 Å². The first-order valence-electron chi connectivity index (χ1n) is 9.08. The van der Waals surface area contributed by atoms with Crippen LogP contribution >= 0.6 is 11.5 Å². The van der Waals surface area contributed by atoms with Gasteiger partial charge >= 0.3 is 12.1 Å². The van der Waals surface area contributed by atoms with Crippen LogP contribution in [0, 0.1) is 0 Å². The molecule has 1 aromatic heterocycles. The minimum Gasteiger partial charge on any atom is -0.469 e. The maximum Gasteiger partial charge on any atom is 0.416 e. The van der Waals surface area contributed by atoms with E-state index in [-0.39, 0.29) is 24.7 Å². The lowest BCUT2D eigenvalue weighted by atomic mass is 10.1. The molecule has 0 spiro atoms. The third-order valence-corrected chi connectivity index (χ3v) is 5.19. The third kappa shape index (κ3) is 5.89. The molecule has 2 aromatic rings. The largest absolute Gasteiger partial charge is 0.469 e. The van der Waals surface area contributed by atoms with Crippen LogP contribution in [0.15, 0.2) is 24.3 Å². The van der Waals surface area contributed by atoms with Gasteiger partial charge in [0.2, 0.25) is 11.0 Å². The van der Waals surface area contributed by atoms with Gasteiger partial charge in [-0.3, -0.25) is 19.8 Å². The fourth-order valence-corrected chi connectivity index (χ4v) is 3.59. The molecule has 0 atom stereocenters. The molecule has 0 saturated carbocycles. The Morgan fingerprint density at radius 2 is 1.97 bits per heavy atom. The number of piperazine rings is 1. The number of halogens is 3. The number of amides is 1. The van der Waals surface area contributed by atoms with Crippen molar-refractivity contribution in [3.05, 3.63) is 35.7 Å². The van der Waals surface area contributed by atoms with Gasteiger partial charge in [0.1, 0.15) is 6.42 Å². The minimum atomic E-state index is -4.38. The molecule has 1 N–H and O–H groups in total. The van der Waals surface area contributed by atoms with E-state index < -0.39 is 17.7 Å². The quantitative estimate of drug-likeness (QED) is 0.684. The van der Waals surface area contributed by atoms with Gasteiger partial charge in [0, 0.05) is 43.4 Å². The van der Waals surface area contributed by atoms with Crippen molar-refractivity contribution in [2.75, 3.05) is 50.1 Å². The topological polar surface area (TPSA) is 87.7 Å². The molecule has 1 fully saturated rings. The molecule has 30 heavy (non-hydrogen) atoms. The third-order valence-electron chi connectivity index (χ3n) is 4.52. The Labute approximate surface area is 174 Å². The van der Waals surface area contributed by atoms with Crippen molar-refractivity contribution in [3.8, 4) is 0 Å². The number of hydrogen-bond donors (Lipinski definition) is 1. The zero-order chi connectivity index (χ0) is 21.7. The van der Waals surface area contributed by atoms with E-state index in [1.807, 2.05) is 9.80 Å². The van der Waals surface area contributed by atoms with E-state index in [0.29, 0.717) is 37.0 Å². The second-order valence-electron chi connectivity index (χ2n) is 6.63. The fraction of sp³-hybridized carbons (Fsp3) is 0.444. The molecule has 1 aliphatic heterocycles. The van der Waals surface area contributed by atoms with Gasteiger partial charge in [-0.1, -0.05) is 6.07 Å². The fourth-order valence-electron chi connectivity index (χ4n) is 2.98. The van der Waals surface area contributed by atoms with E-state index in [2.05, 4.69) is 19.4 Å². The van der Waals surface area contributed by atoms with Crippen LogP contribution in [-0.2, 0) is 26.9 Å². The van der Waals surface area contributed by atoms with Crippen molar-refractivity contribution in [3.63, 3.8) is 0 Å². The monoisotopic (exact) mass is 443 g/mol. The molecule has 2 heterocycles. The zero-order valence-corrected chi connectivity index (χ0v) is 16.9. The average molecular weight is 443 g/mol. The van der Waals surface area contributed by atoms with Crippen LogP contribution in [0.2, 0.25) is 0 Å². The molecule has 0 aliphatic carbocycles. The van der Waals surface area contributed by atoms with Gasteiger partial charge < -0.3 is 9.64 Å². The lowest BCUT2D eigenvalue weighted by Crippen LogP contribution is -2.48. The smallest absolute Gasteiger partial charge is 0.416 e. The molecule has 1 saturated heterocycles. The number of nitrogens with one attached hydrogen (secondary N) is 1. The van der Waals surface area contributed by atoms with Crippen molar-refractivity contribution in [1.82, 2.24) is 14.3 Å². The summed E-state index contributed by atoms with van der Waals surface area (Å²) in [6, 6.07) is 5.24. The van der Waals surface area contributed by atoms with E-state index in [4.69, 9.17) is 0 Å². The Hall–Kier alpha value is -2.73. The summed E-state index contributed by atoms with van der Waals surface area (Å²) in [4.78, 5) is 31.3. The van der Waals surface area contributed by atoms with Crippen LogP contribution < -0.4 is 10.2 Å². The van der Waals surface area contributed by atoms with Crippen molar-refractivity contribution in [2.45, 2.75) is 12.6 Å². The summed E-state index contributed by atoms with van der Waals surface area (Å²) < 4.78 is 47.2. The van der Waals surface area contributed by atoms with E-state index in [0.717, 1.165) is 23.7 Å². The molecule has 8 nitrogen and oxygen atoms in total. The summed E-state index contributed by atoms with van der Waals surface area (Å²) in [5.41, 5.74) is -0.161. The Morgan fingerprint density at radius 1 is 1.23 bits per heavy atom. The number of rotatable bonds is 6. The number of methoxy groups -OCH3 is 1. The second-order valence-corrected chi connectivity index (χ2v) is 7.38. The van der Waals surface area contributed by atoms with Gasteiger partial charge in [-0.05, 0) is 18.2 Å². The van der Waals surface area contributed by atoms with Crippen molar-refractivity contribution < 1.29 is 27.5 Å². The molecule has 1 amide bonds. The van der Waals surface area contributed by atoms with Crippen LogP contribution in [0.3, 0.4) is 0 Å². The molecule has 0 unspecified atom stereocenters. The number of benzene rings is 1. The predicted octanol–water partition coefficient (Wildman–Crippen LogP) is 2.03. The van der Waals surface area contributed by atoms with Crippen LogP contribution in [0.1, 0.15) is 11.4 Å². The number of alkyl halides is 3. The van der Waals surface area contributed by atoms with Gasteiger partial charge in [-0.2, -0.15) is 17.5 Å². The van der Waals surface area contributed by atoms with Crippen molar-refractivity contribution in [1.29, 1.82) is 0 Å². The summed E-state index contributed by atoms with van der Waals surface area (Å²) in [5.74, 6) is -0.468. The molecule has 1 aromatic carbocycles. The molecule has 0 radical (unpaired) electrons. The number of esters is 1. The van der Waals surface area contributed by atoms with Crippen molar-refractivity contribution >= 4 is 34.2 Å². The number of ether oxygens (including phenoxy) is 1. The molecular formula is C18H20F3N5O3S. The average Bonchev–Trinajstić information content (AvgIpc) is 3.14. The SMILES string of the molecule is COC(=O)Cc1nsc(NC(=O)CN2CCN(c3cccc(C(F)(F)F)c3)CC2)n1. The molecule has 0 bridgehead atoms. The molecule has 162 valence electrons. The van der Waals surface area contributed by atoms with E-state index in [1.165, 1.54) is 13.2 Å². The first-order chi connectivity index (χ1) is 14.2. The lowest BCUT2D eigenvalue weighted by Gasteiger charge is -2.35. The molecule has 1 aliphatic rings. The summed E-state index contributed by atoms with van der Waals surface area (Å²) in [6.45, 7) is 2.22. The first-order valence-corrected chi connectivity index (χ1v) is 9.86. The van der Waals surface area contributed by atoms with Gasteiger partial charge in [0.15, 0.2) is 5.82 Å². The van der Waals surface area contributed by atoms with Gasteiger partial charge in [0.25, 0.3) is 0 Å². The minimum absolute atomic E-state index is 0.0691. The molecule has 3 rings (SSSR count). The van der Waals surface area contributed by atoms with E-state index >= 15 is 0 Å². The normalized spacial score (nSPS) is 15.1. The highest BCUT2D eigenvalue weighted by Gasteiger charge is 2.31. The summed E-state index contributed by atoms with van der Waals surface area (Å²) >= 11 is 0.974. The molecular weight excluding hydrogens is 423 g/mol. The maximum absolute atomic E-state index is 12.9. The van der Waals surface area contributed by atoms with Gasteiger partial charge in [-0.25, -0.2) is 4.98 Å². The highest BCUT2D eigenvalue weighted by Crippen LogP contribution is 2.31. The Bertz CT molecular complexity index is 897. The summed E-state index contributed by atoms with van der Waals surface area (Å²) in [7, 11) is 1.27. The Morgan fingerprint density at radius 3 is 2.63 bits per heavy atom. The number of anilines is 2. The summed E-state index contributed by atoms with van der Waals surface area (Å²) in [6.07, 6.45) is -4.45. The lowest BCUT2D eigenvalue weighted by molar-refractivity contribution is -0.140. The highest BCUT2D eigenvalue weighted by atomic mass is 32.1. The number of aromatic nitrogens is 2. The zero-order valence-electron chi connectivity index (χ0n) is 16.1. The number of carbonyl (C=O) groups is 2. The number of hydrogen-bond acceptors (Lipinski definition) is 8. The van der Waals surface area contributed by atoms with Gasteiger partial charge in [-0.15, -0.1) is 0 Å². The Kier molecular flexibility index (Phi) is 6.87. The van der Waals surface area contributed by atoms with Crippen LogP contribution in [-0.4, -0.2) is 66.0 Å². The first kappa shape index (κ1) is 22.0. The van der Waals surface area contributed by atoms with E-state index in [9.17, 15) is 22.8 Å². The van der Waals surface area contributed by atoms with Crippen LogP contribution in [0.25, 0.3) is 0 Å². The Balaban J connectivity index is 1.48. The number of nitrogens with zero attached hydrogens (tertiary/aromatic N) is 4. The summed E-state index contributed by atoms with van der Waals surface area (Å²) in [5, 5.41) is 2.93. The predicted molar refractivity (Wildman–Crippen MR) is 104 cm³/mol. The highest BCUT2D eigenvalue weighted by molar-refractivity contribution is 7.09. The van der Waals surface area contributed by atoms with Gasteiger partial charge in [0.05, 0.1) is 19.2 Å².